The molecule has 0 spiro atoms. The number of hydrogen-bond acceptors (Lipinski definition) is 3. The number of fused-ring (bicyclic) bond motifs is 1. The second-order valence-electron chi connectivity index (χ2n) is 3.37. The van der Waals surface area contributed by atoms with E-state index in [0.717, 1.165) is 4.90 Å². The van der Waals surface area contributed by atoms with E-state index in [1.165, 1.54) is 22.5 Å². The fourth-order valence-electron chi connectivity index (χ4n) is 1.45. The summed E-state index contributed by atoms with van der Waals surface area (Å²) in [5.74, 6) is 5.19. The van der Waals surface area contributed by atoms with E-state index in [1.807, 2.05) is 18.2 Å². The van der Waals surface area contributed by atoms with Gasteiger partial charge < -0.3 is 0 Å². The van der Waals surface area contributed by atoms with Gasteiger partial charge in [0.15, 0.2) is 0 Å². The van der Waals surface area contributed by atoms with Crippen molar-refractivity contribution in [3.8, 4) is 0 Å². The SMILES string of the molecule is NNC(=O)CSc1ccc2ccccc2c1. The molecule has 0 aromatic heterocycles. The number of nitrogens with one attached hydrogen (secondary N) is 1. The third-order valence-electron chi connectivity index (χ3n) is 2.25. The molecule has 2 aromatic rings. The van der Waals surface area contributed by atoms with E-state index in [-0.39, 0.29) is 5.91 Å². The Balaban J connectivity index is 2.16. The fraction of sp³-hybridized carbons (Fsp3) is 0.0833. The van der Waals surface area contributed by atoms with Crippen LogP contribution in [0.25, 0.3) is 10.8 Å². The molecule has 16 heavy (non-hydrogen) atoms. The minimum absolute atomic E-state index is 0.168. The van der Waals surface area contributed by atoms with Crippen molar-refractivity contribution in [3.05, 3.63) is 42.5 Å². The van der Waals surface area contributed by atoms with Gasteiger partial charge in [-0.3, -0.25) is 10.2 Å². The van der Waals surface area contributed by atoms with Gasteiger partial charge in [0.2, 0.25) is 5.91 Å². The third-order valence-corrected chi connectivity index (χ3v) is 3.25. The van der Waals surface area contributed by atoms with Gasteiger partial charge in [-0.2, -0.15) is 0 Å². The van der Waals surface area contributed by atoms with Crippen LogP contribution in [0.15, 0.2) is 47.4 Å². The highest BCUT2D eigenvalue weighted by molar-refractivity contribution is 8.00. The molecule has 0 aliphatic heterocycles. The van der Waals surface area contributed by atoms with Crippen molar-refractivity contribution >= 4 is 28.4 Å². The van der Waals surface area contributed by atoms with Crippen LogP contribution in [0.5, 0.6) is 0 Å². The molecular formula is C12H12N2OS. The maximum Gasteiger partial charge on any atom is 0.244 e. The van der Waals surface area contributed by atoms with Gasteiger partial charge in [-0.1, -0.05) is 30.3 Å². The Labute approximate surface area is 98.0 Å². The highest BCUT2D eigenvalue weighted by Crippen LogP contribution is 2.23. The summed E-state index contributed by atoms with van der Waals surface area (Å²) in [5.41, 5.74) is 2.11. The lowest BCUT2D eigenvalue weighted by molar-refractivity contribution is -0.118. The first-order valence-electron chi connectivity index (χ1n) is 4.90. The minimum Gasteiger partial charge on any atom is -0.294 e. The van der Waals surface area contributed by atoms with Gasteiger partial charge in [0, 0.05) is 4.90 Å². The van der Waals surface area contributed by atoms with Gasteiger partial charge in [-0.05, 0) is 22.9 Å². The number of thioether (sulfide) groups is 1. The van der Waals surface area contributed by atoms with Crippen molar-refractivity contribution in [1.29, 1.82) is 0 Å². The third kappa shape index (κ3) is 2.53. The molecule has 4 heteroatoms. The molecule has 2 aromatic carbocycles. The predicted octanol–water partition coefficient (Wildman–Crippen LogP) is 1.92. The highest BCUT2D eigenvalue weighted by atomic mass is 32.2. The first-order valence-corrected chi connectivity index (χ1v) is 5.89. The Morgan fingerprint density at radius 2 is 1.94 bits per heavy atom. The van der Waals surface area contributed by atoms with Crippen LogP contribution >= 0.6 is 11.8 Å². The summed E-state index contributed by atoms with van der Waals surface area (Å²) in [6.07, 6.45) is 0. The molecule has 82 valence electrons. The lowest BCUT2D eigenvalue weighted by Gasteiger charge is -2.02. The van der Waals surface area contributed by atoms with Crippen molar-refractivity contribution in [2.24, 2.45) is 5.84 Å². The van der Waals surface area contributed by atoms with Crippen LogP contribution < -0.4 is 11.3 Å². The number of amides is 1. The van der Waals surface area contributed by atoms with Crippen LogP contribution in [0.3, 0.4) is 0 Å². The Kier molecular flexibility index (Phi) is 3.44. The van der Waals surface area contributed by atoms with Gasteiger partial charge in [-0.15, -0.1) is 11.8 Å². The second-order valence-corrected chi connectivity index (χ2v) is 4.41. The molecule has 0 heterocycles. The summed E-state index contributed by atoms with van der Waals surface area (Å²) in [6.45, 7) is 0. The quantitative estimate of drug-likeness (QED) is 0.368. The van der Waals surface area contributed by atoms with E-state index >= 15 is 0 Å². The standard InChI is InChI=1S/C12H12N2OS/c13-14-12(15)8-16-11-6-5-9-3-1-2-4-10(9)7-11/h1-7H,8,13H2,(H,14,15). The zero-order valence-corrected chi connectivity index (χ0v) is 9.46. The zero-order chi connectivity index (χ0) is 11.4. The number of hydrogen-bond donors (Lipinski definition) is 2. The molecule has 0 unspecified atom stereocenters. The first kappa shape index (κ1) is 11.0. The molecule has 0 aliphatic rings. The summed E-state index contributed by atoms with van der Waals surface area (Å²) in [7, 11) is 0. The second kappa shape index (κ2) is 5.01. The molecular weight excluding hydrogens is 220 g/mol. The number of benzene rings is 2. The lowest BCUT2D eigenvalue weighted by Crippen LogP contribution is -2.31. The Bertz CT molecular complexity index is 513. The first-order chi connectivity index (χ1) is 7.79. The van der Waals surface area contributed by atoms with E-state index in [1.54, 1.807) is 0 Å². The smallest absolute Gasteiger partial charge is 0.244 e. The molecule has 1 amide bonds. The largest absolute Gasteiger partial charge is 0.294 e. The van der Waals surface area contributed by atoms with Gasteiger partial charge in [0.25, 0.3) is 0 Å². The molecule has 0 fully saturated rings. The average molecular weight is 232 g/mol. The van der Waals surface area contributed by atoms with Gasteiger partial charge in [0.1, 0.15) is 0 Å². The molecule has 0 radical (unpaired) electrons. The maximum absolute atomic E-state index is 11.0. The predicted molar refractivity (Wildman–Crippen MR) is 67.0 cm³/mol. The Morgan fingerprint density at radius 1 is 1.19 bits per heavy atom. The summed E-state index contributed by atoms with van der Waals surface area (Å²) >= 11 is 1.48. The van der Waals surface area contributed by atoms with Crippen LogP contribution in [0, 0.1) is 0 Å². The van der Waals surface area contributed by atoms with Crippen LogP contribution in [0.4, 0.5) is 0 Å². The van der Waals surface area contributed by atoms with E-state index < -0.39 is 0 Å². The molecule has 3 nitrogen and oxygen atoms in total. The van der Waals surface area contributed by atoms with Crippen molar-refractivity contribution < 1.29 is 4.79 Å². The average Bonchev–Trinajstić information content (AvgIpc) is 2.35. The van der Waals surface area contributed by atoms with Crippen LogP contribution in [0.2, 0.25) is 0 Å². The zero-order valence-electron chi connectivity index (χ0n) is 8.64. The fourth-order valence-corrected chi connectivity index (χ4v) is 2.20. The Hall–Kier alpha value is -1.52. The van der Waals surface area contributed by atoms with Crippen molar-refractivity contribution in [2.45, 2.75) is 4.90 Å². The number of hydrazine groups is 1. The number of rotatable bonds is 3. The van der Waals surface area contributed by atoms with E-state index in [9.17, 15) is 4.79 Å². The van der Waals surface area contributed by atoms with E-state index in [4.69, 9.17) is 5.84 Å². The van der Waals surface area contributed by atoms with E-state index in [0.29, 0.717) is 5.75 Å². The van der Waals surface area contributed by atoms with Crippen LogP contribution in [-0.2, 0) is 4.79 Å². The normalized spacial score (nSPS) is 10.3. The van der Waals surface area contributed by atoms with Crippen molar-refractivity contribution in [3.63, 3.8) is 0 Å². The summed E-state index contributed by atoms with van der Waals surface area (Å²) < 4.78 is 0. The molecule has 3 N–H and O–H groups in total. The van der Waals surface area contributed by atoms with Gasteiger partial charge in [0.05, 0.1) is 5.75 Å². The maximum atomic E-state index is 11.0. The lowest BCUT2D eigenvalue weighted by atomic mass is 10.1. The molecule has 2 rings (SSSR count). The summed E-state index contributed by atoms with van der Waals surface area (Å²) in [5, 5.41) is 2.38. The Morgan fingerprint density at radius 3 is 2.69 bits per heavy atom. The molecule has 0 saturated heterocycles. The number of carbonyl (C=O) groups excluding carboxylic acids is 1. The monoisotopic (exact) mass is 232 g/mol. The number of nitrogens with two attached hydrogens (primary N) is 1. The topological polar surface area (TPSA) is 55.1 Å². The molecule has 0 atom stereocenters. The highest BCUT2D eigenvalue weighted by Gasteiger charge is 2.01. The summed E-state index contributed by atoms with van der Waals surface area (Å²) in [6, 6.07) is 14.3. The van der Waals surface area contributed by atoms with Crippen molar-refractivity contribution in [2.75, 3.05) is 5.75 Å². The van der Waals surface area contributed by atoms with Gasteiger partial charge >= 0.3 is 0 Å². The molecule has 0 aliphatic carbocycles. The summed E-state index contributed by atoms with van der Waals surface area (Å²) in [4.78, 5) is 12.1. The minimum atomic E-state index is -0.168. The van der Waals surface area contributed by atoms with Crippen LogP contribution in [-0.4, -0.2) is 11.7 Å². The van der Waals surface area contributed by atoms with E-state index in [2.05, 4.69) is 29.7 Å². The number of carbonyl (C=O) groups is 1. The van der Waals surface area contributed by atoms with Crippen LogP contribution in [0.1, 0.15) is 0 Å². The molecule has 0 bridgehead atoms. The van der Waals surface area contributed by atoms with Crippen molar-refractivity contribution in [1.82, 2.24) is 5.43 Å². The van der Waals surface area contributed by atoms with Gasteiger partial charge in [-0.25, -0.2) is 5.84 Å². The molecule has 0 saturated carbocycles.